The Morgan fingerprint density at radius 3 is 2.20 bits per heavy atom. The zero-order valence-corrected chi connectivity index (χ0v) is 18.7. The highest BCUT2D eigenvalue weighted by atomic mass is 16.2. The van der Waals surface area contributed by atoms with Crippen LogP contribution in [-0.2, 0) is 4.79 Å². The van der Waals surface area contributed by atoms with Crippen molar-refractivity contribution in [2.24, 2.45) is 11.8 Å². The molecule has 6 nitrogen and oxygen atoms in total. The zero-order valence-electron chi connectivity index (χ0n) is 18.7. The van der Waals surface area contributed by atoms with Crippen LogP contribution in [0.2, 0.25) is 0 Å². The molecule has 162 valence electrons. The van der Waals surface area contributed by atoms with Gasteiger partial charge in [-0.3, -0.25) is 14.5 Å². The molecule has 2 fully saturated rings. The van der Waals surface area contributed by atoms with Gasteiger partial charge in [0.05, 0.1) is 12.0 Å². The van der Waals surface area contributed by atoms with Crippen molar-refractivity contribution in [1.82, 2.24) is 14.7 Å². The monoisotopic (exact) mass is 410 g/mol. The lowest BCUT2D eigenvalue weighted by atomic mass is 9.95. The average molecular weight is 411 g/mol. The summed E-state index contributed by atoms with van der Waals surface area (Å²) in [7, 11) is 0. The SMILES string of the molecule is Cc1cc(C)cc(C(=O)N2CCCC(C(=O)N3CCN(C(C#N)C(C)C)CC3)C2)c1. The lowest BCUT2D eigenvalue weighted by Crippen LogP contribution is -2.55. The molecule has 2 atom stereocenters. The number of rotatable bonds is 4. The van der Waals surface area contributed by atoms with E-state index >= 15 is 0 Å². The number of likely N-dealkylation sites (tertiary alicyclic amines) is 1. The lowest BCUT2D eigenvalue weighted by Gasteiger charge is -2.40. The molecule has 2 aliphatic heterocycles. The molecule has 0 aromatic heterocycles. The van der Waals surface area contributed by atoms with Gasteiger partial charge in [-0.1, -0.05) is 31.0 Å². The number of nitrogens with zero attached hydrogens (tertiary/aromatic N) is 4. The second kappa shape index (κ2) is 9.61. The fourth-order valence-electron chi connectivity index (χ4n) is 4.77. The van der Waals surface area contributed by atoms with E-state index in [4.69, 9.17) is 0 Å². The molecule has 1 aromatic rings. The van der Waals surface area contributed by atoms with Crippen LogP contribution in [0.15, 0.2) is 18.2 Å². The quantitative estimate of drug-likeness (QED) is 0.765. The number of nitriles is 1. The van der Waals surface area contributed by atoms with Gasteiger partial charge in [0.15, 0.2) is 0 Å². The Morgan fingerprint density at radius 2 is 1.63 bits per heavy atom. The number of hydrogen-bond acceptors (Lipinski definition) is 4. The topological polar surface area (TPSA) is 67.7 Å². The van der Waals surface area contributed by atoms with E-state index in [1.807, 2.05) is 35.8 Å². The van der Waals surface area contributed by atoms with E-state index in [1.54, 1.807) is 0 Å². The fraction of sp³-hybridized carbons (Fsp3) is 0.625. The number of amides is 2. The average Bonchev–Trinajstić information content (AvgIpc) is 2.73. The van der Waals surface area contributed by atoms with Crippen molar-refractivity contribution >= 4 is 11.8 Å². The lowest BCUT2D eigenvalue weighted by molar-refractivity contribution is -0.139. The summed E-state index contributed by atoms with van der Waals surface area (Å²) in [6.45, 7) is 12.1. The summed E-state index contributed by atoms with van der Waals surface area (Å²) in [5, 5.41) is 9.43. The number of carbonyl (C=O) groups excluding carboxylic acids is 2. The highest BCUT2D eigenvalue weighted by molar-refractivity contribution is 5.95. The molecule has 0 N–H and O–H groups in total. The van der Waals surface area contributed by atoms with Crippen LogP contribution in [0.3, 0.4) is 0 Å². The Bertz CT molecular complexity index is 801. The van der Waals surface area contributed by atoms with E-state index in [1.165, 1.54) is 0 Å². The van der Waals surface area contributed by atoms with E-state index in [2.05, 4.69) is 30.9 Å². The Morgan fingerprint density at radius 1 is 1.00 bits per heavy atom. The molecule has 2 amide bonds. The summed E-state index contributed by atoms with van der Waals surface area (Å²) < 4.78 is 0. The van der Waals surface area contributed by atoms with E-state index in [0.29, 0.717) is 31.7 Å². The van der Waals surface area contributed by atoms with Gasteiger partial charge in [0.1, 0.15) is 6.04 Å². The van der Waals surface area contributed by atoms with Crippen LogP contribution < -0.4 is 0 Å². The first kappa shape index (κ1) is 22.3. The van der Waals surface area contributed by atoms with E-state index in [-0.39, 0.29) is 29.7 Å². The van der Waals surface area contributed by atoms with Crippen LogP contribution >= 0.6 is 0 Å². The van der Waals surface area contributed by atoms with Crippen LogP contribution in [0.4, 0.5) is 0 Å². The maximum atomic E-state index is 13.2. The molecule has 3 rings (SSSR count). The van der Waals surface area contributed by atoms with Gasteiger partial charge in [0.2, 0.25) is 5.91 Å². The molecular formula is C24H34N4O2. The highest BCUT2D eigenvalue weighted by Crippen LogP contribution is 2.23. The molecule has 1 aromatic carbocycles. The van der Waals surface area contributed by atoms with Crippen LogP contribution in [0.5, 0.6) is 0 Å². The van der Waals surface area contributed by atoms with Crippen molar-refractivity contribution in [3.8, 4) is 6.07 Å². The third kappa shape index (κ3) is 5.02. The summed E-state index contributed by atoms with van der Waals surface area (Å²) in [5.41, 5.74) is 2.88. The van der Waals surface area contributed by atoms with Gasteiger partial charge in [-0.25, -0.2) is 0 Å². The Balaban J connectivity index is 1.60. The van der Waals surface area contributed by atoms with Gasteiger partial charge in [-0.2, -0.15) is 5.26 Å². The van der Waals surface area contributed by atoms with Crippen molar-refractivity contribution in [2.75, 3.05) is 39.3 Å². The Kier molecular flexibility index (Phi) is 7.14. The second-order valence-electron chi connectivity index (χ2n) is 9.15. The van der Waals surface area contributed by atoms with Crippen LogP contribution in [0.25, 0.3) is 0 Å². The minimum atomic E-state index is -0.128. The van der Waals surface area contributed by atoms with Crippen molar-refractivity contribution in [3.63, 3.8) is 0 Å². The maximum absolute atomic E-state index is 13.2. The van der Waals surface area contributed by atoms with Crippen molar-refractivity contribution in [2.45, 2.75) is 46.6 Å². The van der Waals surface area contributed by atoms with Gasteiger partial charge in [-0.05, 0) is 44.7 Å². The first-order chi connectivity index (χ1) is 14.3. The van der Waals surface area contributed by atoms with Gasteiger partial charge >= 0.3 is 0 Å². The number of aryl methyl sites for hydroxylation is 2. The zero-order chi connectivity index (χ0) is 21.8. The summed E-state index contributed by atoms with van der Waals surface area (Å²) in [5.74, 6) is 0.334. The van der Waals surface area contributed by atoms with Crippen LogP contribution in [-0.4, -0.2) is 71.8 Å². The number of carbonyl (C=O) groups is 2. The summed E-state index contributed by atoms with van der Waals surface area (Å²) in [4.78, 5) is 32.1. The molecule has 2 unspecified atom stereocenters. The standard InChI is InChI=1S/C24H34N4O2/c1-17(2)22(15-25)26-8-10-27(11-9-26)23(29)20-6-5-7-28(16-20)24(30)21-13-18(3)12-19(4)14-21/h12-14,17,20,22H,5-11,16H2,1-4H3. The van der Waals surface area contributed by atoms with Crippen molar-refractivity contribution < 1.29 is 9.59 Å². The Labute approximate surface area is 180 Å². The third-order valence-corrected chi connectivity index (χ3v) is 6.31. The molecule has 0 spiro atoms. The number of piperazine rings is 1. The van der Waals surface area contributed by atoms with E-state index in [9.17, 15) is 14.9 Å². The largest absolute Gasteiger partial charge is 0.340 e. The molecule has 6 heteroatoms. The summed E-state index contributed by atoms with van der Waals surface area (Å²) in [6, 6.07) is 8.23. The van der Waals surface area contributed by atoms with E-state index < -0.39 is 0 Å². The molecule has 2 saturated heterocycles. The number of hydrogen-bond donors (Lipinski definition) is 0. The second-order valence-corrected chi connectivity index (χ2v) is 9.15. The van der Waals surface area contributed by atoms with Crippen LogP contribution in [0, 0.1) is 37.0 Å². The molecule has 2 heterocycles. The van der Waals surface area contributed by atoms with Crippen LogP contribution in [0.1, 0.15) is 48.2 Å². The van der Waals surface area contributed by atoms with Gasteiger partial charge < -0.3 is 9.80 Å². The van der Waals surface area contributed by atoms with Gasteiger partial charge in [0.25, 0.3) is 5.91 Å². The molecule has 0 saturated carbocycles. The normalized spacial score (nSPS) is 21.4. The highest BCUT2D eigenvalue weighted by Gasteiger charge is 2.34. The molecule has 0 bridgehead atoms. The molecule has 2 aliphatic rings. The Hall–Kier alpha value is -2.39. The molecule has 0 radical (unpaired) electrons. The van der Waals surface area contributed by atoms with Crippen molar-refractivity contribution in [1.29, 1.82) is 5.26 Å². The summed E-state index contributed by atoms with van der Waals surface area (Å²) >= 11 is 0. The minimum absolute atomic E-state index is 0.0258. The third-order valence-electron chi connectivity index (χ3n) is 6.31. The number of benzene rings is 1. The van der Waals surface area contributed by atoms with Gasteiger partial charge in [-0.15, -0.1) is 0 Å². The first-order valence-electron chi connectivity index (χ1n) is 11.1. The summed E-state index contributed by atoms with van der Waals surface area (Å²) in [6.07, 6.45) is 1.69. The predicted octanol–water partition coefficient (Wildman–Crippen LogP) is 2.85. The van der Waals surface area contributed by atoms with Gasteiger partial charge in [0, 0.05) is 44.8 Å². The molecule has 0 aliphatic carbocycles. The smallest absolute Gasteiger partial charge is 0.253 e. The predicted molar refractivity (Wildman–Crippen MR) is 117 cm³/mol. The number of piperidine rings is 1. The molecule has 30 heavy (non-hydrogen) atoms. The first-order valence-corrected chi connectivity index (χ1v) is 11.1. The van der Waals surface area contributed by atoms with Crippen molar-refractivity contribution in [3.05, 3.63) is 34.9 Å². The minimum Gasteiger partial charge on any atom is -0.340 e. The van der Waals surface area contributed by atoms with E-state index in [0.717, 1.165) is 37.1 Å². The fourth-order valence-corrected chi connectivity index (χ4v) is 4.77. The maximum Gasteiger partial charge on any atom is 0.253 e. The molecular weight excluding hydrogens is 376 g/mol.